The molecule has 6 heteroatoms. The van der Waals surface area contributed by atoms with Gasteiger partial charge in [0.2, 0.25) is 5.75 Å². The number of carbonyl (C=O) groups is 1. The molecular formula is C11H17NO5. The Labute approximate surface area is 99.7 Å². The van der Waals surface area contributed by atoms with Gasteiger partial charge in [0.1, 0.15) is 6.29 Å². The highest BCUT2D eigenvalue weighted by Gasteiger charge is 2.18. The van der Waals surface area contributed by atoms with Gasteiger partial charge in [-0.15, -0.1) is 0 Å². The summed E-state index contributed by atoms with van der Waals surface area (Å²) in [6.45, 7) is 8.00. The van der Waals surface area contributed by atoms with Crippen LogP contribution in [-0.2, 0) is 0 Å². The second-order valence-corrected chi connectivity index (χ2v) is 2.28. The van der Waals surface area contributed by atoms with Crippen molar-refractivity contribution in [3.63, 3.8) is 0 Å². The molecular weight excluding hydrogens is 226 g/mol. The van der Waals surface area contributed by atoms with Crippen LogP contribution in [0, 0.1) is 10.1 Å². The van der Waals surface area contributed by atoms with Crippen molar-refractivity contribution in [2.24, 2.45) is 0 Å². The highest BCUT2D eigenvalue weighted by atomic mass is 16.6. The molecule has 0 amide bonds. The van der Waals surface area contributed by atoms with Gasteiger partial charge in [0, 0.05) is 11.6 Å². The molecule has 1 rings (SSSR count). The molecule has 0 fully saturated rings. The number of rotatable bonds is 2. The predicted molar refractivity (Wildman–Crippen MR) is 64.5 cm³/mol. The molecule has 0 aromatic heterocycles. The summed E-state index contributed by atoms with van der Waals surface area (Å²) in [6.07, 6.45) is 0.339. The number of hydrogen-bond acceptors (Lipinski definition) is 5. The monoisotopic (exact) mass is 243 g/mol. The summed E-state index contributed by atoms with van der Waals surface area (Å²) in [5.74, 6) is -1.52. The van der Waals surface area contributed by atoms with E-state index in [-0.39, 0.29) is 5.56 Å². The summed E-state index contributed by atoms with van der Waals surface area (Å²) in [6, 6.07) is 1.82. The molecule has 0 aliphatic rings. The Bertz CT molecular complexity index is 376. The number of hydrogen-bond donors (Lipinski definition) is 2. The van der Waals surface area contributed by atoms with Crippen LogP contribution in [-0.4, -0.2) is 21.4 Å². The van der Waals surface area contributed by atoms with Gasteiger partial charge >= 0.3 is 5.69 Å². The lowest BCUT2D eigenvalue weighted by Crippen LogP contribution is -1.91. The van der Waals surface area contributed by atoms with Crippen LogP contribution < -0.4 is 0 Å². The van der Waals surface area contributed by atoms with Gasteiger partial charge in [0.15, 0.2) is 5.75 Å². The molecule has 1 aromatic carbocycles. The predicted octanol–water partition coefficient (Wildman–Crippen LogP) is 2.87. The average Bonchev–Trinajstić information content (AvgIpc) is 2.37. The summed E-state index contributed by atoms with van der Waals surface area (Å²) < 4.78 is 0. The summed E-state index contributed by atoms with van der Waals surface area (Å²) in [5.41, 5.74) is -0.760. The van der Waals surface area contributed by atoms with Crippen molar-refractivity contribution in [3.05, 3.63) is 27.8 Å². The second kappa shape index (κ2) is 9.14. The van der Waals surface area contributed by atoms with E-state index in [0.717, 1.165) is 12.1 Å². The SMILES string of the molecule is CC.CC.O=Cc1cc(O)c(O)c([N+](=O)[O-])c1. The van der Waals surface area contributed by atoms with Crippen molar-refractivity contribution >= 4 is 12.0 Å². The van der Waals surface area contributed by atoms with Gasteiger partial charge in [-0.05, 0) is 6.07 Å². The minimum absolute atomic E-state index is 0.0676. The molecule has 96 valence electrons. The molecule has 0 atom stereocenters. The zero-order valence-corrected chi connectivity index (χ0v) is 10.3. The maximum Gasteiger partial charge on any atom is 0.315 e. The van der Waals surface area contributed by atoms with Crippen LogP contribution in [0.15, 0.2) is 12.1 Å². The van der Waals surface area contributed by atoms with Gasteiger partial charge in [-0.2, -0.15) is 0 Å². The normalized spacial score (nSPS) is 8.00. The molecule has 2 N–H and O–H groups in total. The number of aromatic hydroxyl groups is 2. The van der Waals surface area contributed by atoms with Crippen LogP contribution >= 0.6 is 0 Å². The second-order valence-electron chi connectivity index (χ2n) is 2.28. The summed E-state index contributed by atoms with van der Waals surface area (Å²) in [5, 5.41) is 28.2. The number of aldehydes is 1. The van der Waals surface area contributed by atoms with Gasteiger partial charge in [0.25, 0.3) is 0 Å². The third kappa shape index (κ3) is 4.96. The van der Waals surface area contributed by atoms with E-state index in [1.807, 2.05) is 27.7 Å². The first kappa shape index (κ1) is 17.3. The van der Waals surface area contributed by atoms with Crippen LogP contribution in [0.3, 0.4) is 0 Å². The lowest BCUT2D eigenvalue weighted by atomic mass is 10.2. The van der Waals surface area contributed by atoms with E-state index >= 15 is 0 Å². The van der Waals surface area contributed by atoms with E-state index in [4.69, 9.17) is 10.2 Å². The minimum Gasteiger partial charge on any atom is -0.504 e. The quantitative estimate of drug-likeness (QED) is 0.360. The Morgan fingerprint density at radius 3 is 2.00 bits per heavy atom. The van der Waals surface area contributed by atoms with E-state index in [2.05, 4.69) is 0 Å². The highest BCUT2D eigenvalue weighted by Crippen LogP contribution is 2.35. The van der Waals surface area contributed by atoms with Crippen molar-refractivity contribution < 1.29 is 19.9 Å². The maximum absolute atomic E-state index is 10.3. The van der Waals surface area contributed by atoms with Crippen molar-refractivity contribution in [1.82, 2.24) is 0 Å². The molecule has 0 spiro atoms. The van der Waals surface area contributed by atoms with Crippen molar-refractivity contribution in [3.8, 4) is 11.5 Å². The van der Waals surface area contributed by atoms with Crippen LogP contribution in [0.25, 0.3) is 0 Å². The molecule has 0 aliphatic heterocycles. The smallest absolute Gasteiger partial charge is 0.315 e. The van der Waals surface area contributed by atoms with E-state index < -0.39 is 22.1 Å². The van der Waals surface area contributed by atoms with Crippen LogP contribution in [0.1, 0.15) is 38.1 Å². The molecule has 0 saturated heterocycles. The molecule has 6 nitrogen and oxygen atoms in total. The van der Waals surface area contributed by atoms with Crippen LogP contribution in [0.5, 0.6) is 11.5 Å². The van der Waals surface area contributed by atoms with E-state index in [1.54, 1.807) is 0 Å². The molecule has 0 radical (unpaired) electrons. The average molecular weight is 243 g/mol. The lowest BCUT2D eigenvalue weighted by molar-refractivity contribution is -0.386. The van der Waals surface area contributed by atoms with Crippen LogP contribution in [0.2, 0.25) is 0 Å². The molecule has 1 aromatic rings. The Balaban J connectivity index is 0. The zero-order valence-electron chi connectivity index (χ0n) is 10.3. The number of phenolic OH excluding ortho intramolecular Hbond substituents is 2. The first-order valence-electron chi connectivity index (χ1n) is 5.22. The Morgan fingerprint density at radius 1 is 1.18 bits per heavy atom. The Morgan fingerprint density at radius 2 is 1.65 bits per heavy atom. The molecule has 0 bridgehead atoms. The number of phenols is 2. The first-order chi connectivity index (χ1) is 8.06. The lowest BCUT2D eigenvalue weighted by Gasteiger charge is -1.99. The highest BCUT2D eigenvalue weighted by molar-refractivity contribution is 5.79. The largest absolute Gasteiger partial charge is 0.504 e. The standard InChI is InChI=1S/C7H5NO5.2C2H6/c9-3-4-1-5(8(12)13)7(11)6(10)2-4;2*1-2/h1-3,10-11H;2*1-2H3. The summed E-state index contributed by atoms with van der Waals surface area (Å²) >= 11 is 0. The molecule has 0 unspecified atom stereocenters. The Kier molecular flexibility index (Phi) is 9.30. The Hall–Kier alpha value is -2.11. The van der Waals surface area contributed by atoms with Gasteiger partial charge in [-0.25, -0.2) is 0 Å². The number of benzene rings is 1. The topological polar surface area (TPSA) is 101 Å². The first-order valence-corrected chi connectivity index (χ1v) is 5.22. The van der Waals surface area contributed by atoms with E-state index in [9.17, 15) is 14.9 Å². The number of nitro benzene ring substituents is 1. The van der Waals surface area contributed by atoms with Crippen molar-refractivity contribution in [2.75, 3.05) is 0 Å². The number of nitro groups is 1. The third-order valence-corrected chi connectivity index (χ3v) is 1.42. The fourth-order valence-corrected chi connectivity index (χ4v) is 0.833. The molecule has 17 heavy (non-hydrogen) atoms. The molecule has 0 heterocycles. The van der Waals surface area contributed by atoms with Gasteiger partial charge < -0.3 is 10.2 Å². The summed E-state index contributed by atoms with van der Waals surface area (Å²) in [7, 11) is 0. The number of nitrogens with zero attached hydrogens (tertiary/aromatic N) is 1. The minimum atomic E-state index is -0.887. The zero-order chi connectivity index (χ0) is 14.0. The third-order valence-electron chi connectivity index (χ3n) is 1.42. The maximum atomic E-state index is 10.3. The van der Waals surface area contributed by atoms with Crippen LogP contribution in [0.4, 0.5) is 5.69 Å². The molecule has 0 aliphatic carbocycles. The van der Waals surface area contributed by atoms with Crippen molar-refractivity contribution in [2.45, 2.75) is 27.7 Å². The fourth-order valence-electron chi connectivity index (χ4n) is 0.833. The van der Waals surface area contributed by atoms with Gasteiger partial charge in [-0.1, -0.05) is 27.7 Å². The molecule has 0 saturated carbocycles. The van der Waals surface area contributed by atoms with E-state index in [1.165, 1.54) is 0 Å². The van der Waals surface area contributed by atoms with Gasteiger partial charge in [0.05, 0.1) is 4.92 Å². The van der Waals surface area contributed by atoms with Gasteiger partial charge in [-0.3, -0.25) is 14.9 Å². The van der Waals surface area contributed by atoms with E-state index in [0.29, 0.717) is 6.29 Å². The van der Waals surface area contributed by atoms with Crippen molar-refractivity contribution in [1.29, 1.82) is 0 Å². The fraction of sp³-hybridized carbons (Fsp3) is 0.364. The summed E-state index contributed by atoms with van der Waals surface area (Å²) in [4.78, 5) is 19.6. The number of carbonyl (C=O) groups excluding carboxylic acids is 1.